The summed E-state index contributed by atoms with van der Waals surface area (Å²) in [5.41, 5.74) is 9.62. The highest BCUT2D eigenvalue weighted by Crippen LogP contribution is 2.42. The molecular weight excluding hydrogens is 707 g/mol. The summed E-state index contributed by atoms with van der Waals surface area (Å²) in [7, 11) is -2.12. The fourth-order valence-electron chi connectivity index (χ4n) is 7.91. The predicted octanol–water partition coefficient (Wildman–Crippen LogP) is 5.66. The van der Waals surface area contributed by atoms with Gasteiger partial charge in [0.15, 0.2) is 0 Å². The molecule has 54 heavy (non-hydrogen) atoms. The van der Waals surface area contributed by atoms with Crippen LogP contribution in [0.5, 0.6) is 5.75 Å². The lowest BCUT2D eigenvalue weighted by Crippen LogP contribution is -2.60. The quantitative estimate of drug-likeness (QED) is 0.193. The molecule has 4 heterocycles. The molecule has 2 aromatic carbocycles. The third-order valence-corrected chi connectivity index (χ3v) is 12.4. The van der Waals surface area contributed by atoms with Crippen molar-refractivity contribution in [2.75, 3.05) is 26.0 Å². The van der Waals surface area contributed by atoms with Crippen LogP contribution >= 0.6 is 0 Å². The molecule has 6 bridgehead atoms. The van der Waals surface area contributed by atoms with Crippen molar-refractivity contribution < 1.29 is 32.6 Å². The van der Waals surface area contributed by atoms with Gasteiger partial charge in [-0.05, 0) is 117 Å². The van der Waals surface area contributed by atoms with E-state index in [2.05, 4.69) is 53.7 Å². The van der Waals surface area contributed by atoms with Gasteiger partial charge in [0, 0.05) is 48.3 Å². The molecule has 0 radical (unpaired) electrons. The van der Waals surface area contributed by atoms with Crippen LogP contribution in [-0.4, -0.2) is 78.1 Å². The first-order chi connectivity index (χ1) is 25.8. The molecule has 2 aromatic heterocycles. The molecule has 1 aliphatic carbocycles. The fourth-order valence-corrected chi connectivity index (χ4v) is 9.57. The minimum absolute atomic E-state index is 0.00304. The number of nitrogens with one attached hydrogen (secondary N) is 2. The Morgan fingerprint density at radius 1 is 1.11 bits per heavy atom. The van der Waals surface area contributed by atoms with Gasteiger partial charge in [-0.15, -0.1) is 0 Å². The van der Waals surface area contributed by atoms with Gasteiger partial charge in [0.05, 0.1) is 29.9 Å². The number of phenolic OH excluding ortho intramolecular Hbond substituents is 1. The molecule has 12 nitrogen and oxygen atoms in total. The van der Waals surface area contributed by atoms with E-state index in [1.807, 2.05) is 25.1 Å². The smallest absolute Gasteiger partial charge is 0.324 e. The van der Waals surface area contributed by atoms with E-state index in [4.69, 9.17) is 14.5 Å². The highest BCUT2D eigenvalue weighted by molar-refractivity contribution is 7.89. The Kier molecular flexibility index (Phi) is 10.6. The molecule has 0 unspecified atom stereocenters. The van der Waals surface area contributed by atoms with Gasteiger partial charge in [-0.25, -0.2) is 18.6 Å². The number of rotatable bonds is 8. The maximum Gasteiger partial charge on any atom is 0.324 e. The Labute approximate surface area is 317 Å². The van der Waals surface area contributed by atoms with Gasteiger partial charge >= 0.3 is 5.97 Å². The standard InChI is InChI=1S/C41H51N5O7S/c1-6-45-36-14-13-28-21-32(36)33(38(45)31-9-7-15-42-37(31)25(2)52-5)22-41(3,4)24-53-40(49)34-10-8-16-46(43-34)39(48)35(44-54(50,51)23-26-11-12-26)19-27-17-29(28)20-30(47)18-27/h7,9,13-15,17-18,20-21,25-26,34-35,43-44,47H,6,8,10-12,16,19,22-24H2,1-5H3/t25-,34-,35-/m0/s1. The van der Waals surface area contributed by atoms with E-state index < -0.39 is 39.4 Å². The average Bonchev–Trinajstić information content (AvgIpc) is 3.91. The van der Waals surface area contributed by atoms with Crippen LogP contribution in [0.4, 0.5) is 0 Å². The van der Waals surface area contributed by atoms with Gasteiger partial charge in [0.25, 0.3) is 5.91 Å². The van der Waals surface area contributed by atoms with Crippen LogP contribution in [0.25, 0.3) is 33.3 Å². The molecule has 1 amide bonds. The summed E-state index contributed by atoms with van der Waals surface area (Å²) in [5, 5.41) is 13.4. The van der Waals surface area contributed by atoms with E-state index in [9.17, 15) is 23.1 Å². The van der Waals surface area contributed by atoms with Crippen LogP contribution in [0.2, 0.25) is 0 Å². The number of cyclic esters (lactones) is 1. The van der Waals surface area contributed by atoms with Gasteiger partial charge in [-0.2, -0.15) is 0 Å². The summed E-state index contributed by atoms with van der Waals surface area (Å²) >= 11 is 0. The number of benzene rings is 2. The lowest BCUT2D eigenvalue weighted by molar-refractivity contribution is -0.155. The second kappa shape index (κ2) is 15.1. The Balaban J connectivity index is 1.40. The summed E-state index contributed by atoms with van der Waals surface area (Å²) in [6.07, 6.45) is 4.76. The number of aromatic hydroxyl groups is 1. The van der Waals surface area contributed by atoms with E-state index in [1.165, 1.54) is 5.01 Å². The van der Waals surface area contributed by atoms with Crippen molar-refractivity contribution in [3.63, 3.8) is 0 Å². The molecule has 3 aliphatic rings. The number of methoxy groups -OCH3 is 1. The molecule has 13 heteroatoms. The first kappa shape index (κ1) is 38.0. The number of aryl methyl sites for hydroxylation is 1. The first-order valence-corrected chi connectivity index (χ1v) is 20.6. The van der Waals surface area contributed by atoms with Gasteiger partial charge in [-0.1, -0.05) is 26.0 Å². The van der Waals surface area contributed by atoms with Crippen molar-refractivity contribution in [3.8, 4) is 28.1 Å². The van der Waals surface area contributed by atoms with Crippen LogP contribution in [0.15, 0.2) is 54.7 Å². The Bertz CT molecular complexity index is 2180. The summed E-state index contributed by atoms with van der Waals surface area (Å²) in [6, 6.07) is 13.5. The Morgan fingerprint density at radius 3 is 2.65 bits per heavy atom. The van der Waals surface area contributed by atoms with Crippen molar-refractivity contribution in [2.24, 2.45) is 11.3 Å². The van der Waals surface area contributed by atoms with Gasteiger partial charge < -0.3 is 19.1 Å². The number of hydrogen-bond acceptors (Lipinski definition) is 9. The van der Waals surface area contributed by atoms with Gasteiger partial charge in [0.1, 0.15) is 17.8 Å². The van der Waals surface area contributed by atoms with Crippen molar-refractivity contribution in [1.29, 1.82) is 0 Å². The summed E-state index contributed by atoms with van der Waals surface area (Å²) in [4.78, 5) is 32.5. The molecule has 288 valence electrons. The SMILES string of the molecule is CCn1c(-c2cccnc2[C@H](C)OC)c2c3cc(ccc31)-c1cc(O)cc(c1)C[C@H](NS(=O)(=O)CC1CC1)C(=O)N1CCC[C@H](N1)C(=O)OCC(C)(C)C2. The van der Waals surface area contributed by atoms with Crippen LogP contribution < -0.4 is 10.1 Å². The average molecular weight is 758 g/mol. The lowest BCUT2D eigenvalue weighted by Gasteiger charge is -2.35. The van der Waals surface area contributed by atoms with E-state index in [1.54, 1.807) is 25.4 Å². The number of hydrogen-bond donors (Lipinski definition) is 3. The van der Waals surface area contributed by atoms with Crippen LogP contribution in [0, 0.1) is 11.3 Å². The largest absolute Gasteiger partial charge is 0.508 e. The number of esters is 1. The topological polar surface area (TPSA) is 152 Å². The third kappa shape index (κ3) is 8.05. The van der Waals surface area contributed by atoms with Crippen molar-refractivity contribution in [3.05, 3.63) is 71.5 Å². The molecular formula is C41H51N5O7S. The number of ether oxygens (including phenoxy) is 2. The van der Waals surface area contributed by atoms with E-state index in [0.717, 1.165) is 57.4 Å². The molecule has 1 saturated heterocycles. The van der Waals surface area contributed by atoms with Crippen molar-refractivity contribution >= 4 is 32.8 Å². The number of amides is 1. The number of nitrogens with zero attached hydrogens (tertiary/aromatic N) is 3. The third-order valence-electron chi connectivity index (χ3n) is 10.8. The molecule has 2 fully saturated rings. The predicted molar refractivity (Wildman–Crippen MR) is 207 cm³/mol. The van der Waals surface area contributed by atoms with E-state index in [-0.39, 0.29) is 36.6 Å². The Hall–Kier alpha value is -4.30. The molecule has 3 N–H and O–H groups in total. The lowest BCUT2D eigenvalue weighted by atomic mass is 9.84. The second-order valence-corrected chi connectivity index (χ2v) is 17.7. The molecule has 7 rings (SSSR count). The molecule has 2 aliphatic heterocycles. The number of aromatic nitrogens is 2. The zero-order chi connectivity index (χ0) is 38.4. The molecule has 0 spiro atoms. The van der Waals surface area contributed by atoms with Crippen molar-refractivity contribution in [2.45, 2.75) is 91.0 Å². The highest BCUT2D eigenvalue weighted by atomic mass is 32.2. The fraction of sp³-hybridized carbons (Fsp3) is 0.488. The van der Waals surface area contributed by atoms with Crippen LogP contribution in [0.1, 0.15) is 76.3 Å². The van der Waals surface area contributed by atoms with Crippen LogP contribution in [0.3, 0.4) is 0 Å². The number of carbonyl (C=O) groups is 2. The van der Waals surface area contributed by atoms with Gasteiger partial charge in [0.2, 0.25) is 10.0 Å². The summed E-state index contributed by atoms with van der Waals surface area (Å²) in [5.74, 6) is -0.920. The minimum atomic E-state index is -3.80. The molecule has 3 atom stereocenters. The number of sulfonamides is 1. The molecule has 4 aromatic rings. The number of carbonyl (C=O) groups excluding carboxylic acids is 2. The highest BCUT2D eigenvalue weighted by Gasteiger charge is 2.37. The van der Waals surface area contributed by atoms with E-state index >= 15 is 0 Å². The zero-order valence-electron chi connectivity index (χ0n) is 31.7. The van der Waals surface area contributed by atoms with Gasteiger partial charge in [-0.3, -0.25) is 19.6 Å². The maximum atomic E-state index is 14.1. The Morgan fingerprint density at radius 2 is 1.91 bits per heavy atom. The number of fused-ring (bicyclic) bond motifs is 6. The number of pyridine rings is 1. The zero-order valence-corrected chi connectivity index (χ0v) is 32.5. The minimum Gasteiger partial charge on any atom is -0.508 e. The normalized spacial score (nSPS) is 21.5. The monoisotopic (exact) mass is 757 g/mol. The summed E-state index contributed by atoms with van der Waals surface area (Å²) in [6.45, 7) is 9.37. The first-order valence-electron chi connectivity index (χ1n) is 19.0. The second-order valence-electron chi connectivity index (χ2n) is 15.9. The number of phenols is 1. The summed E-state index contributed by atoms with van der Waals surface area (Å²) < 4.78 is 43.4. The number of hydrazine groups is 1. The maximum absolute atomic E-state index is 14.1. The van der Waals surface area contributed by atoms with Crippen LogP contribution in [-0.2, 0) is 48.5 Å². The van der Waals surface area contributed by atoms with Crippen molar-refractivity contribution in [1.82, 2.24) is 24.7 Å². The molecule has 1 saturated carbocycles. The van der Waals surface area contributed by atoms with E-state index in [0.29, 0.717) is 37.9 Å².